The molecule has 0 spiro atoms. The van der Waals surface area contributed by atoms with Crippen molar-refractivity contribution in [2.45, 2.75) is 33.7 Å². The van der Waals surface area contributed by atoms with Gasteiger partial charge in [-0.15, -0.1) is 0 Å². The molecule has 3 aromatic carbocycles. The predicted octanol–water partition coefficient (Wildman–Crippen LogP) is 7.83. The average Bonchev–Trinajstić information content (AvgIpc) is 3.16. The zero-order chi connectivity index (χ0) is 28.6. The quantitative estimate of drug-likeness (QED) is 0.234. The lowest BCUT2D eigenvalue weighted by Crippen LogP contribution is -2.34. The SMILES string of the molecule is Cn1c(Cc2c(Cl)ccc(CNC(=O)C(C)(C)C)c2Cl)nc2cc(C(=O)Nc3cc(Cl)ccc3Cl)c(F)cc21. The molecule has 0 saturated heterocycles. The summed E-state index contributed by atoms with van der Waals surface area (Å²) in [5.74, 6) is -0.966. The fourth-order valence-corrected chi connectivity index (χ4v) is 4.83. The molecule has 6 nitrogen and oxygen atoms in total. The number of hydrogen-bond donors (Lipinski definition) is 2. The van der Waals surface area contributed by atoms with E-state index in [2.05, 4.69) is 15.6 Å². The van der Waals surface area contributed by atoms with E-state index in [1.807, 2.05) is 20.8 Å². The maximum absolute atomic E-state index is 15.0. The van der Waals surface area contributed by atoms with Crippen LogP contribution in [0.25, 0.3) is 11.0 Å². The molecule has 1 heterocycles. The van der Waals surface area contributed by atoms with Crippen LogP contribution in [0.1, 0.15) is 48.1 Å². The molecule has 0 aliphatic heterocycles. The molecule has 1 aromatic heterocycles. The van der Waals surface area contributed by atoms with Crippen LogP contribution in [-0.2, 0) is 24.8 Å². The molecule has 11 heteroatoms. The Morgan fingerprint density at radius 1 is 1.00 bits per heavy atom. The molecule has 4 aromatic rings. The van der Waals surface area contributed by atoms with E-state index in [9.17, 15) is 9.59 Å². The molecule has 0 atom stereocenters. The summed E-state index contributed by atoms with van der Waals surface area (Å²) in [6, 6.07) is 10.7. The van der Waals surface area contributed by atoms with Crippen molar-refractivity contribution in [2.24, 2.45) is 12.5 Å². The first kappa shape index (κ1) is 29.2. The fraction of sp³-hybridized carbons (Fsp3) is 0.250. The number of benzene rings is 3. The van der Waals surface area contributed by atoms with Gasteiger partial charge in [-0.05, 0) is 41.5 Å². The van der Waals surface area contributed by atoms with Crippen molar-refractivity contribution >= 4 is 74.9 Å². The van der Waals surface area contributed by atoms with Gasteiger partial charge < -0.3 is 15.2 Å². The van der Waals surface area contributed by atoms with Crippen molar-refractivity contribution in [2.75, 3.05) is 5.32 Å². The molecule has 204 valence electrons. The van der Waals surface area contributed by atoms with Gasteiger partial charge in [0.25, 0.3) is 5.91 Å². The van der Waals surface area contributed by atoms with E-state index in [1.54, 1.807) is 29.8 Å². The minimum absolute atomic E-state index is 0.107. The zero-order valence-corrected chi connectivity index (χ0v) is 24.6. The van der Waals surface area contributed by atoms with Gasteiger partial charge in [0.05, 0.1) is 32.3 Å². The van der Waals surface area contributed by atoms with E-state index >= 15 is 4.39 Å². The van der Waals surface area contributed by atoms with Gasteiger partial charge in [-0.25, -0.2) is 9.37 Å². The monoisotopic (exact) mass is 608 g/mol. The second-order valence-corrected chi connectivity index (χ2v) is 11.7. The van der Waals surface area contributed by atoms with Crippen LogP contribution in [0.2, 0.25) is 20.1 Å². The first-order valence-corrected chi connectivity index (χ1v) is 13.4. The maximum atomic E-state index is 15.0. The highest BCUT2D eigenvalue weighted by Gasteiger charge is 2.23. The van der Waals surface area contributed by atoms with Crippen LogP contribution in [-0.4, -0.2) is 21.4 Å². The largest absolute Gasteiger partial charge is 0.352 e. The van der Waals surface area contributed by atoms with Crippen molar-refractivity contribution < 1.29 is 14.0 Å². The zero-order valence-electron chi connectivity index (χ0n) is 21.6. The number of rotatable bonds is 6. The normalized spacial score (nSPS) is 11.6. The summed E-state index contributed by atoms with van der Waals surface area (Å²) >= 11 is 25.3. The molecule has 0 saturated carbocycles. The van der Waals surface area contributed by atoms with Gasteiger partial charge in [0.1, 0.15) is 11.6 Å². The molecule has 0 aliphatic rings. The third kappa shape index (κ3) is 6.33. The number of hydrogen-bond acceptors (Lipinski definition) is 3. The first-order chi connectivity index (χ1) is 18.3. The number of nitrogens with zero attached hydrogens (tertiary/aromatic N) is 2. The molecule has 0 aliphatic carbocycles. The van der Waals surface area contributed by atoms with Crippen molar-refractivity contribution in [1.82, 2.24) is 14.9 Å². The number of amides is 2. The molecule has 0 fully saturated rings. The van der Waals surface area contributed by atoms with Crippen molar-refractivity contribution in [1.29, 1.82) is 0 Å². The van der Waals surface area contributed by atoms with E-state index in [4.69, 9.17) is 46.4 Å². The summed E-state index contributed by atoms with van der Waals surface area (Å²) in [6.45, 7) is 5.72. The standard InChI is InChI=1S/C28H25Cl4FN4O2/c1-28(2,3)27(39)34-13-14-5-7-18(30)16(25(14)32)11-24-35-22-10-17(20(33)12-23(22)37(24)4)26(38)36-21-9-15(29)6-8-19(21)31/h5-10,12H,11,13H2,1-4H3,(H,34,39)(H,36,38). The Bertz CT molecular complexity index is 1610. The third-order valence-corrected chi connectivity index (χ3v) is 7.59. The summed E-state index contributed by atoms with van der Waals surface area (Å²) < 4.78 is 16.8. The molecule has 0 unspecified atom stereocenters. The number of aromatic nitrogens is 2. The van der Waals surface area contributed by atoms with Crippen molar-refractivity contribution in [3.05, 3.63) is 90.9 Å². The van der Waals surface area contributed by atoms with Crippen LogP contribution in [0.4, 0.5) is 10.1 Å². The minimum Gasteiger partial charge on any atom is -0.352 e. The molecule has 4 rings (SSSR count). The van der Waals surface area contributed by atoms with Crippen LogP contribution in [0.15, 0.2) is 42.5 Å². The highest BCUT2D eigenvalue weighted by Crippen LogP contribution is 2.32. The van der Waals surface area contributed by atoms with Crippen molar-refractivity contribution in [3.63, 3.8) is 0 Å². The van der Waals surface area contributed by atoms with Crippen LogP contribution < -0.4 is 10.6 Å². The molecule has 0 radical (unpaired) electrons. The number of imidazole rings is 1. The Morgan fingerprint density at radius 2 is 1.69 bits per heavy atom. The molecule has 2 amide bonds. The van der Waals surface area contributed by atoms with E-state index in [-0.39, 0.29) is 35.1 Å². The number of fused-ring (bicyclic) bond motifs is 1. The van der Waals surface area contributed by atoms with Crippen LogP contribution >= 0.6 is 46.4 Å². The molecule has 2 N–H and O–H groups in total. The summed E-state index contributed by atoms with van der Waals surface area (Å²) in [5, 5.41) is 6.96. The van der Waals surface area contributed by atoms with E-state index in [0.29, 0.717) is 43.1 Å². The number of nitrogens with one attached hydrogen (secondary N) is 2. The van der Waals surface area contributed by atoms with Gasteiger partial charge in [-0.3, -0.25) is 9.59 Å². The van der Waals surface area contributed by atoms with Gasteiger partial charge in [-0.1, -0.05) is 73.2 Å². The van der Waals surface area contributed by atoms with Crippen LogP contribution in [0.5, 0.6) is 0 Å². The van der Waals surface area contributed by atoms with Gasteiger partial charge in [0, 0.05) is 41.5 Å². The third-order valence-electron chi connectivity index (χ3n) is 6.20. The lowest BCUT2D eigenvalue weighted by atomic mass is 9.95. The van der Waals surface area contributed by atoms with Gasteiger partial charge in [0.15, 0.2) is 0 Å². The Kier molecular flexibility index (Phi) is 8.47. The van der Waals surface area contributed by atoms with Crippen LogP contribution in [0, 0.1) is 11.2 Å². The lowest BCUT2D eigenvalue weighted by molar-refractivity contribution is -0.128. The van der Waals surface area contributed by atoms with E-state index in [1.165, 1.54) is 24.3 Å². The van der Waals surface area contributed by atoms with Gasteiger partial charge in [0.2, 0.25) is 5.91 Å². The summed E-state index contributed by atoms with van der Waals surface area (Å²) in [5.41, 5.74) is 1.75. The first-order valence-electron chi connectivity index (χ1n) is 11.9. The molecule has 39 heavy (non-hydrogen) atoms. The number of carbonyl (C=O) groups excluding carboxylic acids is 2. The number of carbonyl (C=O) groups is 2. The topological polar surface area (TPSA) is 76.0 Å². The highest BCUT2D eigenvalue weighted by molar-refractivity contribution is 6.37. The minimum atomic E-state index is -0.722. The summed E-state index contributed by atoms with van der Waals surface area (Å²) in [6.07, 6.45) is 0.241. The fourth-order valence-electron chi connectivity index (χ4n) is 3.92. The Hall–Kier alpha value is -2.84. The molecular formula is C28H25Cl4FN4O2. The van der Waals surface area contributed by atoms with Crippen molar-refractivity contribution in [3.8, 4) is 0 Å². The number of halogens is 5. The second kappa shape index (κ2) is 11.3. The smallest absolute Gasteiger partial charge is 0.258 e. The van der Waals surface area contributed by atoms with Crippen LogP contribution in [0.3, 0.4) is 0 Å². The summed E-state index contributed by atoms with van der Waals surface area (Å²) in [7, 11) is 1.74. The Balaban J connectivity index is 1.63. The molecule has 0 bridgehead atoms. The van der Waals surface area contributed by atoms with Gasteiger partial charge >= 0.3 is 0 Å². The maximum Gasteiger partial charge on any atom is 0.258 e. The summed E-state index contributed by atoms with van der Waals surface area (Å²) in [4.78, 5) is 29.8. The van der Waals surface area contributed by atoms with E-state index in [0.717, 1.165) is 0 Å². The average molecular weight is 610 g/mol. The second-order valence-electron chi connectivity index (χ2n) is 10.1. The van der Waals surface area contributed by atoms with Gasteiger partial charge in [-0.2, -0.15) is 0 Å². The molecular weight excluding hydrogens is 585 g/mol. The highest BCUT2D eigenvalue weighted by atomic mass is 35.5. The Morgan fingerprint density at radius 3 is 2.38 bits per heavy atom. The van der Waals surface area contributed by atoms with E-state index < -0.39 is 17.1 Å². The lowest BCUT2D eigenvalue weighted by Gasteiger charge is -2.18. The predicted molar refractivity (Wildman–Crippen MR) is 156 cm³/mol. The Labute approximate surface area is 245 Å². The number of anilines is 1. The number of aryl methyl sites for hydroxylation is 1.